The van der Waals surface area contributed by atoms with Crippen LogP contribution < -0.4 is 9.47 Å². The summed E-state index contributed by atoms with van der Waals surface area (Å²) < 4.78 is 13.9. The minimum atomic E-state index is -1.10. The Morgan fingerprint density at radius 1 is 1.12 bits per heavy atom. The number of carbonyl (C=O) groups is 1. The van der Waals surface area contributed by atoms with E-state index >= 15 is 0 Å². The minimum Gasteiger partial charge on any atom is -0.492 e. The van der Waals surface area contributed by atoms with E-state index in [0.717, 1.165) is 47.7 Å². The lowest BCUT2D eigenvalue weighted by molar-refractivity contribution is 0.0685. The molecule has 2 heterocycles. The molecule has 0 aliphatic rings. The summed E-state index contributed by atoms with van der Waals surface area (Å²) >= 11 is 6.44. The second-order valence-electron chi connectivity index (χ2n) is 7.83. The third-order valence-corrected chi connectivity index (χ3v) is 5.78. The average molecular weight is 459 g/mol. The van der Waals surface area contributed by atoms with Gasteiger partial charge in [0.1, 0.15) is 5.75 Å². The van der Waals surface area contributed by atoms with Gasteiger partial charge in [-0.1, -0.05) is 51.3 Å². The van der Waals surface area contributed by atoms with Crippen molar-refractivity contribution in [3.8, 4) is 22.9 Å². The van der Waals surface area contributed by atoms with Crippen LogP contribution in [-0.2, 0) is 13.5 Å². The molecule has 0 spiro atoms. The van der Waals surface area contributed by atoms with Crippen molar-refractivity contribution in [2.24, 2.45) is 7.05 Å². The quantitative estimate of drug-likeness (QED) is 0.331. The molecule has 6 nitrogen and oxygen atoms in total. The Morgan fingerprint density at radius 3 is 2.44 bits per heavy atom. The Bertz CT molecular complexity index is 1110. The van der Waals surface area contributed by atoms with Gasteiger partial charge in [-0.05, 0) is 31.4 Å². The van der Waals surface area contributed by atoms with Crippen molar-refractivity contribution >= 4 is 28.5 Å². The molecule has 0 aliphatic carbocycles. The van der Waals surface area contributed by atoms with E-state index in [1.165, 1.54) is 0 Å². The van der Waals surface area contributed by atoms with Crippen molar-refractivity contribution in [3.63, 3.8) is 0 Å². The molecule has 2 aromatic heterocycles. The van der Waals surface area contributed by atoms with E-state index in [9.17, 15) is 9.90 Å². The molecule has 3 rings (SSSR count). The predicted octanol–water partition coefficient (Wildman–Crippen LogP) is 6.51. The molecule has 7 heteroatoms. The number of fused-ring (bicyclic) bond motifs is 1. The van der Waals surface area contributed by atoms with Crippen LogP contribution in [0.5, 0.6) is 11.6 Å². The molecule has 0 fully saturated rings. The van der Waals surface area contributed by atoms with Gasteiger partial charge in [-0.15, -0.1) is 0 Å². The van der Waals surface area contributed by atoms with Crippen molar-refractivity contribution in [2.75, 3.05) is 13.2 Å². The van der Waals surface area contributed by atoms with Gasteiger partial charge in [0.2, 0.25) is 5.88 Å². The van der Waals surface area contributed by atoms with Crippen LogP contribution in [0.1, 0.15) is 62.4 Å². The number of hydrogen-bond acceptors (Lipinski definition) is 4. The summed E-state index contributed by atoms with van der Waals surface area (Å²) in [6, 6.07) is 5.97. The van der Waals surface area contributed by atoms with Crippen LogP contribution in [0.3, 0.4) is 0 Å². The van der Waals surface area contributed by atoms with Crippen LogP contribution in [-0.4, -0.2) is 33.8 Å². The topological polar surface area (TPSA) is 73.6 Å². The van der Waals surface area contributed by atoms with E-state index in [0.29, 0.717) is 36.1 Å². The Morgan fingerprint density at radius 2 is 1.81 bits per heavy atom. The largest absolute Gasteiger partial charge is 0.492 e. The molecular weight excluding hydrogens is 428 g/mol. The fraction of sp³-hybridized carbons (Fsp3) is 0.440. The molecule has 0 atom stereocenters. The molecule has 0 aliphatic heterocycles. The molecule has 32 heavy (non-hydrogen) atoms. The number of aromatic nitrogens is 2. The van der Waals surface area contributed by atoms with Gasteiger partial charge in [-0.3, -0.25) is 0 Å². The van der Waals surface area contributed by atoms with Gasteiger partial charge in [-0.2, -0.15) is 0 Å². The second-order valence-corrected chi connectivity index (χ2v) is 8.24. The maximum absolute atomic E-state index is 12.2. The first-order valence-corrected chi connectivity index (χ1v) is 11.6. The first-order chi connectivity index (χ1) is 15.4. The zero-order valence-corrected chi connectivity index (χ0v) is 20.0. The van der Waals surface area contributed by atoms with E-state index in [-0.39, 0.29) is 11.4 Å². The fourth-order valence-corrected chi connectivity index (χ4v) is 4.02. The number of nitrogens with zero attached hydrogens (tertiary/aromatic N) is 2. The molecule has 0 unspecified atom stereocenters. The number of rotatable bonds is 11. The number of aryl methyl sites for hydroxylation is 1. The average Bonchev–Trinajstić information content (AvgIpc) is 3.06. The lowest BCUT2D eigenvalue weighted by Gasteiger charge is -2.20. The monoisotopic (exact) mass is 458 g/mol. The highest BCUT2D eigenvalue weighted by molar-refractivity contribution is 6.35. The highest BCUT2D eigenvalue weighted by Crippen LogP contribution is 2.39. The smallest absolute Gasteiger partial charge is 0.345 e. The summed E-state index contributed by atoms with van der Waals surface area (Å²) in [6.07, 6.45) is 5.97. The van der Waals surface area contributed by atoms with Gasteiger partial charge in [-0.25, -0.2) is 9.78 Å². The van der Waals surface area contributed by atoms with Crippen molar-refractivity contribution < 1.29 is 19.4 Å². The summed E-state index contributed by atoms with van der Waals surface area (Å²) in [7, 11) is 1.95. The summed E-state index contributed by atoms with van der Waals surface area (Å²) in [5, 5.41) is 11.6. The first kappa shape index (κ1) is 23.9. The SMILES string of the molecule is CCCCOc1nc(-c2ccc3c(c2)c(Cl)cn3C)c(CC)c(OCCCC)c1C(=O)O. The second kappa shape index (κ2) is 10.7. The molecule has 0 radical (unpaired) electrons. The maximum Gasteiger partial charge on any atom is 0.345 e. The van der Waals surface area contributed by atoms with E-state index in [2.05, 4.69) is 13.8 Å². The maximum atomic E-state index is 12.2. The number of benzene rings is 1. The summed E-state index contributed by atoms with van der Waals surface area (Å²) in [6.45, 7) is 6.93. The first-order valence-electron chi connectivity index (χ1n) is 11.2. The van der Waals surface area contributed by atoms with E-state index < -0.39 is 5.97 Å². The summed E-state index contributed by atoms with van der Waals surface area (Å²) in [4.78, 5) is 16.9. The molecule has 0 amide bonds. The minimum absolute atomic E-state index is 0.00312. The van der Waals surface area contributed by atoms with Crippen molar-refractivity contribution in [1.82, 2.24) is 9.55 Å². The molecule has 172 valence electrons. The van der Waals surface area contributed by atoms with Gasteiger partial charge >= 0.3 is 5.97 Å². The highest BCUT2D eigenvalue weighted by Gasteiger charge is 2.27. The number of carboxylic acid groups (broad SMARTS) is 1. The Hall–Kier alpha value is -2.73. The number of carboxylic acids is 1. The van der Waals surface area contributed by atoms with E-state index in [1.54, 1.807) is 0 Å². The van der Waals surface area contributed by atoms with E-state index in [4.69, 9.17) is 26.1 Å². The summed E-state index contributed by atoms with van der Waals surface area (Å²) in [5.74, 6) is -0.647. The van der Waals surface area contributed by atoms with Crippen LogP contribution in [0.25, 0.3) is 22.2 Å². The number of halogens is 1. The van der Waals surface area contributed by atoms with Crippen LogP contribution in [0.4, 0.5) is 0 Å². The van der Waals surface area contributed by atoms with Crippen LogP contribution in [0, 0.1) is 0 Å². The molecular formula is C25H31ClN2O4. The number of ether oxygens (including phenoxy) is 2. The van der Waals surface area contributed by atoms with Crippen molar-refractivity contribution in [3.05, 3.63) is 40.5 Å². The standard InChI is InChI=1S/C25H31ClN2O4/c1-5-8-12-31-23-17(7-3)22(27-24(21(23)25(29)30)32-13-9-6-2)16-10-11-20-18(14-16)19(26)15-28(20)4/h10-11,14-15H,5-9,12-13H2,1-4H3,(H,29,30). The summed E-state index contributed by atoms with van der Waals surface area (Å²) in [5.41, 5.74) is 3.28. The fourth-order valence-electron chi connectivity index (χ4n) is 3.72. The number of hydrogen-bond donors (Lipinski definition) is 1. The molecule has 1 N–H and O–H groups in total. The van der Waals surface area contributed by atoms with Gasteiger partial charge < -0.3 is 19.1 Å². The Kier molecular flexibility index (Phi) is 8.02. The zero-order chi connectivity index (χ0) is 23.3. The number of aromatic carboxylic acids is 1. The van der Waals surface area contributed by atoms with Gasteiger partial charge in [0.25, 0.3) is 0 Å². The number of pyridine rings is 1. The lowest BCUT2D eigenvalue weighted by atomic mass is 9.99. The predicted molar refractivity (Wildman–Crippen MR) is 128 cm³/mol. The zero-order valence-electron chi connectivity index (χ0n) is 19.2. The van der Waals surface area contributed by atoms with Gasteiger partial charge in [0.15, 0.2) is 5.56 Å². The highest BCUT2D eigenvalue weighted by atomic mass is 35.5. The van der Waals surface area contributed by atoms with Crippen molar-refractivity contribution in [2.45, 2.75) is 52.9 Å². The van der Waals surface area contributed by atoms with Gasteiger partial charge in [0, 0.05) is 35.3 Å². The molecule has 3 aromatic rings. The van der Waals surface area contributed by atoms with Crippen LogP contribution in [0.2, 0.25) is 5.02 Å². The van der Waals surface area contributed by atoms with Crippen LogP contribution >= 0.6 is 11.6 Å². The van der Waals surface area contributed by atoms with Gasteiger partial charge in [0.05, 0.1) is 23.9 Å². The number of unbranched alkanes of at least 4 members (excludes halogenated alkanes) is 2. The van der Waals surface area contributed by atoms with E-state index in [1.807, 2.05) is 42.9 Å². The third kappa shape index (κ3) is 4.85. The third-order valence-electron chi connectivity index (χ3n) is 5.48. The Balaban J connectivity index is 2.23. The van der Waals surface area contributed by atoms with Crippen molar-refractivity contribution in [1.29, 1.82) is 0 Å². The Labute approximate surface area is 194 Å². The molecule has 1 aromatic carbocycles. The van der Waals surface area contributed by atoms with Crippen LogP contribution in [0.15, 0.2) is 24.4 Å². The molecule has 0 bridgehead atoms. The molecule has 0 saturated carbocycles. The lowest BCUT2D eigenvalue weighted by Crippen LogP contribution is -2.13. The normalized spacial score (nSPS) is 11.2. The molecule has 0 saturated heterocycles.